The summed E-state index contributed by atoms with van der Waals surface area (Å²) in [6.45, 7) is 14.2. The average molecular weight is 518 g/mol. The van der Waals surface area contributed by atoms with Gasteiger partial charge in [0.2, 0.25) is 0 Å². The molecule has 0 spiro atoms. The van der Waals surface area contributed by atoms with Crippen molar-refractivity contribution in [2.45, 2.75) is 39.2 Å². The number of hydrogen-bond acceptors (Lipinski definition) is 4. The fourth-order valence-electron chi connectivity index (χ4n) is 3.20. The van der Waals surface area contributed by atoms with E-state index in [0.717, 1.165) is 78.0 Å². The van der Waals surface area contributed by atoms with Gasteiger partial charge >= 0.3 is 0 Å². The van der Waals surface area contributed by atoms with Crippen LogP contribution in [-0.2, 0) is 15.9 Å². The van der Waals surface area contributed by atoms with E-state index < -0.39 is 0 Å². The lowest BCUT2D eigenvalue weighted by Crippen LogP contribution is -2.52. The van der Waals surface area contributed by atoms with Crippen molar-refractivity contribution in [3.8, 4) is 0 Å². The van der Waals surface area contributed by atoms with E-state index in [2.05, 4.69) is 60.6 Å². The van der Waals surface area contributed by atoms with Gasteiger partial charge in [-0.25, -0.2) is 0 Å². The number of benzene rings is 1. The summed E-state index contributed by atoms with van der Waals surface area (Å²) in [6.07, 6.45) is 1.93. The molecule has 1 aliphatic heterocycles. The fraction of sp³-hybridized carbons (Fsp3) is 0.682. The van der Waals surface area contributed by atoms with Crippen molar-refractivity contribution < 1.29 is 9.47 Å². The van der Waals surface area contributed by atoms with E-state index in [0.29, 0.717) is 0 Å². The van der Waals surface area contributed by atoms with Crippen LogP contribution in [0.15, 0.2) is 35.3 Å². The van der Waals surface area contributed by atoms with E-state index in [9.17, 15) is 0 Å². The highest BCUT2D eigenvalue weighted by atomic mass is 127. The van der Waals surface area contributed by atoms with Gasteiger partial charge in [0.25, 0.3) is 0 Å². The normalized spacial score (nSPS) is 15.6. The third-order valence-electron chi connectivity index (χ3n) is 4.97. The molecule has 7 heteroatoms. The van der Waals surface area contributed by atoms with E-state index >= 15 is 0 Å². The zero-order valence-electron chi connectivity index (χ0n) is 18.3. The second kappa shape index (κ2) is 15.0. The number of halogens is 1. The van der Waals surface area contributed by atoms with Gasteiger partial charge in [-0.15, -0.1) is 24.0 Å². The summed E-state index contributed by atoms with van der Waals surface area (Å²) >= 11 is 0. The van der Waals surface area contributed by atoms with Crippen molar-refractivity contribution in [2.24, 2.45) is 4.99 Å². The Kier molecular flexibility index (Phi) is 13.5. The van der Waals surface area contributed by atoms with Gasteiger partial charge in [0, 0.05) is 38.3 Å². The van der Waals surface area contributed by atoms with Crippen LogP contribution in [0, 0.1) is 0 Å². The lowest BCUT2D eigenvalue weighted by atomic mass is 10.0. The minimum atomic E-state index is 0. The first-order chi connectivity index (χ1) is 13.6. The molecule has 0 amide bonds. The molecule has 1 aromatic carbocycles. The summed E-state index contributed by atoms with van der Waals surface area (Å²) in [6, 6.07) is 10.5. The van der Waals surface area contributed by atoms with Gasteiger partial charge in [-0.3, -0.25) is 9.89 Å². The highest BCUT2D eigenvalue weighted by Gasteiger charge is 2.28. The molecule has 0 aromatic heterocycles. The van der Waals surface area contributed by atoms with Gasteiger partial charge in [-0.2, -0.15) is 0 Å². The zero-order valence-corrected chi connectivity index (χ0v) is 20.6. The highest BCUT2D eigenvalue weighted by Crippen LogP contribution is 2.16. The van der Waals surface area contributed by atoms with E-state index in [1.165, 1.54) is 5.56 Å². The zero-order chi connectivity index (χ0) is 20.1. The molecule has 0 atom stereocenters. The molecule has 166 valence electrons. The first-order valence-corrected chi connectivity index (χ1v) is 10.6. The molecule has 1 saturated heterocycles. The first-order valence-electron chi connectivity index (χ1n) is 10.6. The quantitative estimate of drug-likeness (QED) is 0.204. The molecule has 0 unspecified atom stereocenters. The van der Waals surface area contributed by atoms with Crippen molar-refractivity contribution >= 4 is 29.9 Å². The van der Waals surface area contributed by atoms with Crippen molar-refractivity contribution in [2.75, 3.05) is 59.2 Å². The lowest BCUT2D eigenvalue weighted by molar-refractivity contribution is -0.00683. The predicted octanol–water partition coefficient (Wildman–Crippen LogP) is 2.92. The largest absolute Gasteiger partial charge is 0.381 e. The predicted molar refractivity (Wildman–Crippen MR) is 131 cm³/mol. The van der Waals surface area contributed by atoms with Crippen LogP contribution >= 0.6 is 24.0 Å². The molecular weight excluding hydrogens is 479 g/mol. The van der Waals surface area contributed by atoms with Crippen LogP contribution in [0.2, 0.25) is 0 Å². The maximum absolute atomic E-state index is 5.75. The Morgan fingerprint density at radius 1 is 1.14 bits per heavy atom. The SMILES string of the molecule is CCNC(=NCC(C)(C)N1CCOCC1)NCCCOCCc1ccccc1.I. The highest BCUT2D eigenvalue weighted by molar-refractivity contribution is 14.0. The Morgan fingerprint density at radius 2 is 1.86 bits per heavy atom. The summed E-state index contributed by atoms with van der Waals surface area (Å²) in [4.78, 5) is 7.27. The van der Waals surface area contributed by atoms with Crippen LogP contribution in [0.25, 0.3) is 0 Å². The summed E-state index contributed by atoms with van der Waals surface area (Å²) in [5, 5.41) is 6.76. The standard InChI is InChI=1S/C22H38N4O2.HI/c1-4-23-21(25-19-22(2,3)26-13-17-28-18-14-26)24-12-8-15-27-16-11-20-9-6-5-7-10-20;/h5-7,9-10H,4,8,11-19H2,1-3H3,(H2,23,24,25);1H. The van der Waals surface area contributed by atoms with Crippen molar-refractivity contribution in [3.05, 3.63) is 35.9 Å². The van der Waals surface area contributed by atoms with Gasteiger partial charge in [-0.05, 0) is 39.2 Å². The van der Waals surface area contributed by atoms with Gasteiger partial charge in [0.05, 0.1) is 26.4 Å². The van der Waals surface area contributed by atoms with Gasteiger partial charge in [0.1, 0.15) is 0 Å². The molecule has 0 aliphatic carbocycles. The third-order valence-corrected chi connectivity index (χ3v) is 4.97. The first kappa shape index (κ1) is 26.1. The number of hydrogen-bond donors (Lipinski definition) is 2. The Hall–Kier alpha value is -0.900. The minimum Gasteiger partial charge on any atom is -0.381 e. The average Bonchev–Trinajstić information content (AvgIpc) is 2.72. The number of aliphatic imine (C=N–C) groups is 1. The Balaban J connectivity index is 0.00000420. The van der Waals surface area contributed by atoms with Crippen molar-refractivity contribution in [3.63, 3.8) is 0 Å². The number of rotatable bonds is 11. The van der Waals surface area contributed by atoms with E-state index in [1.54, 1.807) is 0 Å². The van der Waals surface area contributed by atoms with Crippen LogP contribution in [0.4, 0.5) is 0 Å². The number of ether oxygens (including phenoxy) is 2. The second-order valence-corrected chi connectivity index (χ2v) is 7.74. The van der Waals surface area contributed by atoms with Crippen LogP contribution in [0.1, 0.15) is 32.8 Å². The van der Waals surface area contributed by atoms with Crippen LogP contribution < -0.4 is 10.6 Å². The molecule has 0 radical (unpaired) electrons. The molecule has 29 heavy (non-hydrogen) atoms. The molecule has 1 heterocycles. The second-order valence-electron chi connectivity index (χ2n) is 7.74. The molecule has 2 rings (SSSR count). The molecule has 6 nitrogen and oxygen atoms in total. The number of morpholine rings is 1. The van der Waals surface area contributed by atoms with E-state index in [4.69, 9.17) is 14.5 Å². The van der Waals surface area contributed by atoms with E-state index in [1.807, 2.05) is 6.07 Å². The van der Waals surface area contributed by atoms with Crippen molar-refractivity contribution in [1.29, 1.82) is 0 Å². The molecule has 1 aromatic rings. The summed E-state index contributed by atoms with van der Waals surface area (Å²) < 4.78 is 11.2. The van der Waals surface area contributed by atoms with E-state index in [-0.39, 0.29) is 29.5 Å². The minimum absolute atomic E-state index is 0. The van der Waals surface area contributed by atoms with Gasteiger partial charge < -0.3 is 20.1 Å². The fourth-order valence-corrected chi connectivity index (χ4v) is 3.20. The number of nitrogens with one attached hydrogen (secondary N) is 2. The molecule has 0 bridgehead atoms. The topological polar surface area (TPSA) is 58.1 Å². The monoisotopic (exact) mass is 518 g/mol. The van der Waals surface area contributed by atoms with Crippen LogP contribution in [0.3, 0.4) is 0 Å². The Labute approximate surface area is 193 Å². The molecule has 0 saturated carbocycles. The van der Waals surface area contributed by atoms with Gasteiger partial charge in [0.15, 0.2) is 5.96 Å². The maximum atomic E-state index is 5.75. The number of nitrogens with zero attached hydrogens (tertiary/aromatic N) is 2. The summed E-state index contributed by atoms with van der Waals surface area (Å²) in [5.41, 5.74) is 1.36. The molecule has 1 aliphatic rings. The smallest absolute Gasteiger partial charge is 0.191 e. The van der Waals surface area contributed by atoms with Crippen molar-refractivity contribution in [1.82, 2.24) is 15.5 Å². The molecule has 1 fully saturated rings. The third kappa shape index (κ3) is 10.6. The summed E-state index contributed by atoms with van der Waals surface area (Å²) in [5.74, 6) is 0.883. The Morgan fingerprint density at radius 3 is 2.55 bits per heavy atom. The molecular formula is C22H39IN4O2. The lowest BCUT2D eigenvalue weighted by Gasteiger charge is -2.39. The maximum Gasteiger partial charge on any atom is 0.191 e. The van der Waals surface area contributed by atoms with Gasteiger partial charge in [-0.1, -0.05) is 30.3 Å². The van der Waals surface area contributed by atoms with Crippen LogP contribution in [-0.4, -0.2) is 75.5 Å². The molecule has 2 N–H and O–H groups in total. The summed E-state index contributed by atoms with van der Waals surface area (Å²) in [7, 11) is 0. The van der Waals surface area contributed by atoms with Crippen LogP contribution in [0.5, 0.6) is 0 Å². The number of guanidine groups is 1. The Bertz CT molecular complexity index is 563.